The van der Waals surface area contributed by atoms with Gasteiger partial charge in [0.2, 0.25) is 0 Å². The third-order valence-electron chi connectivity index (χ3n) is 3.74. The van der Waals surface area contributed by atoms with Crippen molar-refractivity contribution in [3.05, 3.63) is 76.3 Å². The second-order valence-corrected chi connectivity index (χ2v) is 7.06. The molecule has 28 heavy (non-hydrogen) atoms. The molecule has 0 spiro atoms. The zero-order valence-electron chi connectivity index (χ0n) is 14.4. The van der Waals surface area contributed by atoms with Crippen LogP contribution in [0.3, 0.4) is 0 Å². The SMILES string of the molecule is C=CCN1C(=O)C(=Cc2cccc(Oc3cc(Cl)cc(Cl)c3)c2)C(=O)NC1=S. The highest BCUT2D eigenvalue weighted by Gasteiger charge is 2.32. The number of carbonyl (C=O) groups excluding carboxylic acids is 2. The molecule has 2 aromatic rings. The van der Waals surface area contributed by atoms with Crippen molar-refractivity contribution >= 4 is 58.4 Å². The molecule has 3 rings (SSSR count). The van der Waals surface area contributed by atoms with E-state index in [1.54, 1.807) is 42.5 Å². The molecule has 142 valence electrons. The smallest absolute Gasteiger partial charge is 0.265 e. The van der Waals surface area contributed by atoms with Crippen molar-refractivity contribution in [3.8, 4) is 11.5 Å². The largest absolute Gasteiger partial charge is 0.457 e. The fourth-order valence-corrected chi connectivity index (χ4v) is 3.30. The summed E-state index contributed by atoms with van der Waals surface area (Å²) >= 11 is 17.0. The monoisotopic (exact) mass is 432 g/mol. The van der Waals surface area contributed by atoms with Gasteiger partial charge in [0.25, 0.3) is 11.8 Å². The Morgan fingerprint density at radius 1 is 1.11 bits per heavy atom. The van der Waals surface area contributed by atoms with Gasteiger partial charge in [0, 0.05) is 16.6 Å². The van der Waals surface area contributed by atoms with E-state index in [1.165, 1.54) is 17.1 Å². The summed E-state index contributed by atoms with van der Waals surface area (Å²) in [6.07, 6.45) is 3.01. The highest BCUT2D eigenvalue weighted by atomic mass is 35.5. The lowest BCUT2D eigenvalue weighted by molar-refractivity contribution is -0.128. The first kappa shape index (κ1) is 20.1. The minimum absolute atomic E-state index is 0.0293. The Morgan fingerprint density at radius 2 is 1.82 bits per heavy atom. The van der Waals surface area contributed by atoms with Gasteiger partial charge in [0.15, 0.2) is 5.11 Å². The molecular weight excluding hydrogens is 419 g/mol. The summed E-state index contributed by atoms with van der Waals surface area (Å²) in [5.41, 5.74) is 0.578. The topological polar surface area (TPSA) is 58.6 Å². The molecule has 5 nitrogen and oxygen atoms in total. The Balaban J connectivity index is 1.88. The molecule has 0 aliphatic carbocycles. The highest BCUT2D eigenvalue weighted by Crippen LogP contribution is 2.29. The van der Waals surface area contributed by atoms with Crippen molar-refractivity contribution in [2.75, 3.05) is 6.54 Å². The fraction of sp³-hybridized carbons (Fsp3) is 0.0500. The Bertz CT molecular complexity index is 1000. The minimum Gasteiger partial charge on any atom is -0.457 e. The van der Waals surface area contributed by atoms with Crippen LogP contribution in [0.25, 0.3) is 6.08 Å². The van der Waals surface area contributed by atoms with E-state index in [0.29, 0.717) is 27.1 Å². The van der Waals surface area contributed by atoms with Crippen LogP contribution in [-0.4, -0.2) is 28.4 Å². The third kappa shape index (κ3) is 4.59. The van der Waals surface area contributed by atoms with E-state index in [2.05, 4.69) is 11.9 Å². The van der Waals surface area contributed by atoms with Crippen LogP contribution < -0.4 is 10.1 Å². The second kappa shape index (κ2) is 8.56. The van der Waals surface area contributed by atoms with Crippen molar-refractivity contribution in [2.45, 2.75) is 0 Å². The van der Waals surface area contributed by atoms with E-state index in [1.807, 2.05) is 0 Å². The molecule has 1 N–H and O–H groups in total. The number of nitrogens with zero attached hydrogens (tertiary/aromatic N) is 1. The quantitative estimate of drug-likeness (QED) is 0.324. The zero-order chi connectivity index (χ0) is 20.3. The van der Waals surface area contributed by atoms with Gasteiger partial charge in [-0.2, -0.15) is 0 Å². The summed E-state index contributed by atoms with van der Waals surface area (Å²) < 4.78 is 5.77. The van der Waals surface area contributed by atoms with Gasteiger partial charge in [0.05, 0.1) is 0 Å². The van der Waals surface area contributed by atoms with Crippen LogP contribution in [0.2, 0.25) is 10.0 Å². The number of nitrogens with one attached hydrogen (secondary N) is 1. The molecule has 1 aliphatic heterocycles. The first-order valence-electron chi connectivity index (χ1n) is 8.11. The molecule has 0 unspecified atom stereocenters. The second-order valence-electron chi connectivity index (χ2n) is 5.80. The van der Waals surface area contributed by atoms with Gasteiger partial charge in [0.1, 0.15) is 17.1 Å². The number of amides is 2. The summed E-state index contributed by atoms with van der Waals surface area (Å²) in [6.45, 7) is 3.80. The van der Waals surface area contributed by atoms with Crippen LogP contribution in [0, 0.1) is 0 Å². The summed E-state index contributed by atoms with van der Waals surface area (Å²) in [4.78, 5) is 26.1. The third-order valence-corrected chi connectivity index (χ3v) is 4.50. The Hall–Kier alpha value is -2.67. The Morgan fingerprint density at radius 3 is 2.50 bits per heavy atom. The molecule has 0 aromatic heterocycles. The van der Waals surface area contributed by atoms with Crippen LogP contribution in [0.5, 0.6) is 11.5 Å². The zero-order valence-corrected chi connectivity index (χ0v) is 16.8. The van der Waals surface area contributed by atoms with Crippen LogP contribution >= 0.6 is 35.4 Å². The summed E-state index contributed by atoms with van der Waals surface area (Å²) in [5.74, 6) is -0.0732. The summed E-state index contributed by atoms with van der Waals surface area (Å²) in [7, 11) is 0. The van der Waals surface area contributed by atoms with Crippen LogP contribution in [0.1, 0.15) is 5.56 Å². The van der Waals surface area contributed by atoms with Gasteiger partial charge in [-0.3, -0.25) is 19.8 Å². The molecule has 1 saturated heterocycles. The number of benzene rings is 2. The van der Waals surface area contributed by atoms with Gasteiger partial charge >= 0.3 is 0 Å². The highest BCUT2D eigenvalue weighted by molar-refractivity contribution is 7.80. The number of halogens is 2. The maximum atomic E-state index is 12.6. The predicted molar refractivity (Wildman–Crippen MR) is 114 cm³/mol. The molecule has 0 radical (unpaired) electrons. The molecule has 0 atom stereocenters. The normalized spacial score (nSPS) is 15.6. The lowest BCUT2D eigenvalue weighted by Crippen LogP contribution is -2.53. The molecular formula is C20H14Cl2N2O3S. The van der Waals surface area contributed by atoms with Crippen LogP contribution in [-0.2, 0) is 9.59 Å². The molecule has 1 aliphatic rings. The molecule has 0 saturated carbocycles. The van der Waals surface area contributed by atoms with Gasteiger partial charge < -0.3 is 4.74 Å². The van der Waals surface area contributed by atoms with Crippen molar-refractivity contribution in [2.24, 2.45) is 0 Å². The summed E-state index contributed by atoms with van der Waals surface area (Å²) in [5, 5.41) is 3.46. The Labute approximate surface area is 177 Å². The number of hydrogen-bond donors (Lipinski definition) is 1. The molecule has 1 fully saturated rings. The van der Waals surface area contributed by atoms with Gasteiger partial charge in [-0.05, 0) is 54.2 Å². The first-order valence-corrected chi connectivity index (χ1v) is 9.27. The van der Waals surface area contributed by atoms with E-state index < -0.39 is 11.8 Å². The van der Waals surface area contributed by atoms with Gasteiger partial charge in [-0.25, -0.2) is 0 Å². The average molecular weight is 433 g/mol. The Kier molecular flexibility index (Phi) is 6.14. The molecule has 1 heterocycles. The maximum Gasteiger partial charge on any atom is 0.265 e. The van der Waals surface area contributed by atoms with Crippen LogP contribution in [0.15, 0.2) is 60.7 Å². The fourth-order valence-electron chi connectivity index (χ4n) is 2.55. The number of ether oxygens (including phenoxy) is 1. The minimum atomic E-state index is -0.553. The van der Waals surface area contributed by atoms with Crippen molar-refractivity contribution in [1.82, 2.24) is 10.2 Å². The molecule has 0 bridgehead atoms. The van der Waals surface area contributed by atoms with Gasteiger partial charge in [-0.15, -0.1) is 6.58 Å². The number of rotatable bonds is 5. The number of thiocarbonyl (C=S) groups is 1. The maximum absolute atomic E-state index is 12.6. The number of hydrogen-bond acceptors (Lipinski definition) is 4. The molecule has 2 aromatic carbocycles. The average Bonchev–Trinajstić information content (AvgIpc) is 2.62. The van der Waals surface area contributed by atoms with E-state index >= 15 is 0 Å². The van der Waals surface area contributed by atoms with E-state index in [9.17, 15) is 9.59 Å². The summed E-state index contributed by atoms with van der Waals surface area (Å²) in [6, 6.07) is 11.8. The van der Waals surface area contributed by atoms with E-state index in [4.69, 9.17) is 40.2 Å². The number of carbonyl (C=O) groups is 2. The van der Waals surface area contributed by atoms with Crippen molar-refractivity contribution in [3.63, 3.8) is 0 Å². The van der Waals surface area contributed by atoms with E-state index in [-0.39, 0.29) is 17.2 Å². The van der Waals surface area contributed by atoms with E-state index in [0.717, 1.165) is 0 Å². The lowest BCUT2D eigenvalue weighted by atomic mass is 10.1. The first-order chi connectivity index (χ1) is 13.4. The standard InChI is InChI=1S/C20H14Cl2N2O3S/c1-2-6-24-19(26)17(18(25)23-20(24)28)8-12-4-3-5-15(7-12)27-16-10-13(21)9-14(22)11-16/h2-5,7-11H,1,6H2,(H,23,25,28). The molecule has 8 heteroatoms. The van der Waals surface area contributed by atoms with Gasteiger partial charge in [-0.1, -0.05) is 41.4 Å². The molecule has 2 amide bonds. The van der Waals surface area contributed by atoms with Crippen molar-refractivity contribution < 1.29 is 14.3 Å². The lowest BCUT2D eigenvalue weighted by Gasteiger charge is -2.27. The van der Waals surface area contributed by atoms with Crippen molar-refractivity contribution in [1.29, 1.82) is 0 Å². The predicted octanol–water partition coefficient (Wildman–Crippen LogP) is 4.60. The van der Waals surface area contributed by atoms with Crippen LogP contribution in [0.4, 0.5) is 0 Å².